The quantitative estimate of drug-likeness (QED) is 0.619. The van der Waals surface area contributed by atoms with Crippen LogP contribution in [0.3, 0.4) is 0 Å². The number of ether oxygens (including phenoxy) is 2. The molecular weight excluding hydrogens is 260 g/mol. The minimum absolute atomic E-state index is 0.606. The summed E-state index contributed by atoms with van der Waals surface area (Å²) in [6, 6.07) is 4.34. The van der Waals surface area contributed by atoms with Crippen LogP contribution in [-0.2, 0) is 6.42 Å². The maximum Gasteiger partial charge on any atom is 0.129 e. The Morgan fingerprint density at radius 1 is 1.00 bits per heavy atom. The Morgan fingerprint density at radius 3 is 2.38 bits per heavy atom. The normalized spacial score (nSPS) is 16.0. The first-order valence-corrected chi connectivity index (χ1v) is 8.55. The summed E-state index contributed by atoms with van der Waals surface area (Å²) < 4.78 is 11.5. The second-order valence-electron chi connectivity index (χ2n) is 6.17. The molecule has 0 bridgehead atoms. The van der Waals surface area contributed by atoms with Crippen molar-refractivity contribution in [1.82, 2.24) is 0 Å². The molecule has 0 saturated heterocycles. The van der Waals surface area contributed by atoms with Crippen molar-refractivity contribution in [2.75, 3.05) is 14.2 Å². The van der Waals surface area contributed by atoms with Gasteiger partial charge in [0.1, 0.15) is 11.5 Å². The topological polar surface area (TPSA) is 18.5 Å². The van der Waals surface area contributed by atoms with Crippen LogP contribution in [0.25, 0.3) is 0 Å². The van der Waals surface area contributed by atoms with E-state index in [0.29, 0.717) is 5.92 Å². The second-order valence-corrected chi connectivity index (χ2v) is 6.17. The van der Waals surface area contributed by atoms with Gasteiger partial charge in [-0.05, 0) is 43.2 Å². The second kappa shape index (κ2) is 8.31. The van der Waals surface area contributed by atoms with Crippen LogP contribution in [-0.4, -0.2) is 14.2 Å². The van der Waals surface area contributed by atoms with Gasteiger partial charge in [-0.15, -0.1) is 0 Å². The third-order valence-electron chi connectivity index (χ3n) is 4.72. The Hall–Kier alpha value is -1.18. The molecule has 1 aliphatic carbocycles. The minimum Gasteiger partial charge on any atom is -0.496 e. The van der Waals surface area contributed by atoms with Gasteiger partial charge in [0.2, 0.25) is 0 Å². The molecule has 0 heterocycles. The lowest BCUT2D eigenvalue weighted by molar-refractivity contribution is 0.356. The van der Waals surface area contributed by atoms with Crippen molar-refractivity contribution in [1.29, 1.82) is 0 Å². The van der Waals surface area contributed by atoms with Gasteiger partial charge in [-0.25, -0.2) is 0 Å². The van der Waals surface area contributed by atoms with E-state index >= 15 is 0 Å². The molecule has 1 saturated carbocycles. The highest BCUT2D eigenvalue weighted by atomic mass is 16.5. The number of methoxy groups -OCH3 is 2. The molecule has 0 spiro atoms. The number of hydrogen-bond donors (Lipinski definition) is 0. The van der Waals surface area contributed by atoms with Gasteiger partial charge in [0.05, 0.1) is 14.2 Å². The molecule has 0 aliphatic heterocycles. The van der Waals surface area contributed by atoms with E-state index in [2.05, 4.69) is 19.1 Å². The summed E-state index contributed by atoms with van der Waals surface area (Å²) in [7, 11) is 3.59. The first-order chi connectivity index (χ1) is 10.3. The van der Waals surface area contributed by atoms with Gasteiger partial charge in [-0.3, -0.25) is 0 Å². The fourth-order valence-electron chi connectivity index (χ4n) is 3.59. The molecule has 118 valence electrons. The zero-order valence-corrected chi connectivity index (χ0v) is 13.9. The molecule has 2 heteroatoms. The lowest BCUT2D eigenvalue weighted by Crippen LogP contribution is -2.09. The lowest BCUT2D eigenvalue weighted by Gasteiger charge is -2.27. The predicted molar refractivity (Wildman–Crippen MR) is 88.6 cm³/mol. The Balaban J connectivity index is 2.31. The van der Waals surface area contributed by atoms with Gasteiger partial charge in [-0.1, -0.05) is 45.1 Å². The van der Waals surface area contributed by atoms with Gasteiger partial charge < -0.3 is 9.47 Å². The Kier molecular flexibility index (Phi) is 6.41. The number of aryl methyl sites for hydroxylation is 1. The summed E-state index contributed by atoms with van der Waals surface area (Å²) in [4.78, 5) is 0. The number of hydrogen-bond acceptors (Lipinski definition) is 2. The van der Waals surface area contributed by atoms with E-state index in [1.165, 1.54) is 62.5 Å². The number of unbranched alkanes of at least 4 members (excludes halogenated alkanes) is 2. The van der Waals surface area contributed by atoms with Crippen molar-refractivity contribution in [3.8, 4) is 11.5 Å². The molecule has 21 heavy (non-hydrogen) atoms. The van der Waals surface area contributed by atoms with Crippen LogP contribution in [0, 0.1) is 0 Å². The Morgan fingerprint density at radius 2 is 1.76 bits per heavy atom. The number of benzene rings is 1. The van der Waals surface area contributed by atoms with Crippen LogP contribution in [0.1, 0.15) is 75.3 Å². The molecule has 1 aromatic rings. The molecule has 0 unspecified atom stereocenters. The van der Waals surface area contributed by atoms with Crippen molar-refractivity contribution in [2.24, 2.45) is 0 Å². The number of rotatable bonds is 7. The summed E-state index contributed by atoms with van der Waals surface area (Å²) in [5, 5.41) is 0. The largest absolute Gasteiger partial charge is 0.496 e. The average molecular weight is 290 g/mol. The zero-order valence-electron chi connectivity index (χ0n) is 13.9. The summed E-state index contributed by atoms with van der Waals surface area (Å²) >= 11 is 0. The smallest absolute Gasteiger partial charge is 0.129 e. The van der Waals surface area contributed by atoms with Crippen LogP contribution in [0.2, 0.25) is 0 Å². The predicted octanol–water partition coefficient (Wildman–Crippen LogP) is 5.48. The van der Waals surface area contributed by atoms with E-state index in [-0.39, 0.29) is 0 Å². The van der Waals surface area contributed by atoms with E-state index in [9.17, 15) is 0 Å². The summed E-state index contributed by atoms with van der Waals surface area (Å²) in [5.41, 5.74) is 2.68. The van der Waals surface area contributed by atoms with Gasteiger partial charge in [0.15, 0.2) is 0 Å². The zero-order chi connectivity index (χ0) is 15.1. The SMILES string of the molecule is CCCCCc1ccc(OC)c(C2CCCCC2)c1OC. The first kappa shape index (κ1) is 16.2. The van der Waals surface area contributed by atoms with Crippen molar-refractivity contribution in [2.45, 2.75) is 70.6 Å². The van der Waals surface area contributed by atoms with E-state index in [1.807, 2.05) is 7.11 Å². The average Bonchev–Trinajstić information content (AvgIpc) is 2.55. The summed E-state index contributed by atoms with van der Waals surface area (Å²) in [6.45, 7) is 2.25. The Labute approximate surface area is 129 Å². The van der Waals surface area contributed by atoms with E-state index in [0.717, 1.165) is 17.9 Å². The summed E-state index contributed by atoms with van der Waals surface area (Å²) in [5.74, 6) is 2.71. The molecule has 1 aromatic carbocycles. The fourth-order valence-corrected chi connectivity index (χ4v) is 3.59. The lowest BCUT2D eigenvalue weighted by atomic mass is 9.82. The molecule has 2 rings (SSSR count). The monoisotopic (exact) mass is 290 g/mol. The Bertz CT molecular complexity index is 433. The molecule has 0 aromatic heterocycles. The van der Waals surface area contributed by atoms with Gasteiger partial charge >= 0.3 is 0 Å². The van der Waals surface area contributed by atoms with Crippen molar-refractivity contribution in [3.63, 3.8) is 0 Å². The van der Waals surface area contributed by atoms with Gasteiger partial charge in [0, 0.05) is 5.56 Å². The van der Waals surface area contributed by atoms with Crippen molar-refractivity contribution in [3.05, 3.63) is 23.3 Å². The molecule has 2 nitrogen and oxygen atoms in total. The fraction of sp³-hybridized carbons (Fsp3) is 0.684. The first-order valence-electron chi connectivity index (χ1n) is 8.55. The van der Waals surface area contributed by atoms with E-state index in [4.69, 9.17) is 9.47 Å². The molecule has 0 atom stereocenters. The third-order valence-corrected chi connectivity index (χ3v) is 4.72. The van der Waals surface area contributed by atoms with Crippen LogP contribution >= 0.6 is 0 Å². The van der Waals surface area contributed by atoms with Gasteiger partial charge in [-0.2, -0.15) is 0 Å². The van der Waals surface area contributed by atoms with Crippen molar-refractivity contribution >= 4 is 0 Å². The maximum absolute atomic E-state index is 5.82. The molecule has 1 fully saturated rings. The van der Waals surface area contributed by atoms with Gasteiger partial charge in [0.25, 0.3) is 0 Å². The highest BCUT2D eigenvalue weighted by Crippen LogP contribution is 2.44. The third kappa shape index (κ3) is 3.93. The van der Waals surface area contributed by atoms with E-state index < -0.39 is 0 Å². The highest BCUT2D eigenvalue weighted by molar-refractivity contribution is 5.52. The van der Waals surface area contributed by atoms with Crippen LogP contribution in [0.4, 0.5) is 0 Å². The maximum atomic E-state index is 5.82. The molecular formula is C19H30O2. The standard InChI is InChI=1S/C19H30O2/c1-4-5-7-12-16-13-14-17(20-2)18(19(16)21-3)15-10-8-6-9-11-15/h13-15H,4-12H2,1-3H3. The van der Waals surface area contributed by atoms with Crippen LogP contribution in [0.5, 0.6) is 11.5 Å². The minimum atomic E-state index is 0.606. The molecule has 1 aliphatic rings. The summed E-state index contributed by atoms with van der Waals surface area (Å²) in [6.07, 6.45) is 11.5. The van der Waals surface area contributed by atoms with Crippen LogP contribution < -0.4 is 9.47 Å². The van der Waals surface area contributed by atoms with Crippen molar-refractivity contribution < 1.29 is 9.47 Å². The molecule has 0 radical (unpaired) electrons. The molecule has 0 amide bonds. The molecule has 0 N–H and O–H groups in total. The highest BCUT2D eigenvalue weighted by Gasteiger charge is 2.24. The van der Waals surface area contributed by atoms with E-state index in [1.54, 1.807) is 7.11 Å². The van der Waals surface area contributed by atoms with Crippen LogP contribution in [0.15, 0.2) is 12.1 Å².